The van der Waals surface area contributed by atoms with Gasteiger partial charge in [-0.05, 0) is 59.3 Å². The van der Waals surface area contributed by atoms with Crippen molar-refractivity contribution in [3.8, 4) is 5.75 Å². The first-order chi connectivity index (χ1) is 13.0. The van der Waals surface area contributed by atoms with Gasteiger partial charge in [0.05, 0.1) is 27.8 Å². The molecule has 136 valence electrons. The zero-order valence-electron chi connectivity index (χ0n) is 13.9. The fourth-order valence-electron chi connectivity index (χ4n) is 2.77. The van der Waals surface area contributed by atoms with Gasteiger partial charge in [0.1, 0.15) is 5.75 Å². The van der Waals surface area contributed by atoms with Crippen LogP contribution in [0.5, 0.6) is 5.75 Å². The van der Waals surface area contributed by atoms with E-state index >= 15 is 0 Å². The van der Waals surface area contributed by atoms with Crippen molar-refractivity contribution < 1.29 is 19.4 Å². The Kier molecular flexibility index (Phi) is 4.63. The van der Waals surface area contributed by atoms with E-state index in [9.17, 15) is 9.59 Å². The number of nitrogens with zero attached hydrogens (tertiary/aromatic N) is 1. The van der Waals surface area contributed by atoms with E-state index in [1.165, 1.54) is 30.0 Å². The second-order valence-corrected chi connectivity index (χ2v) is 7.36. The van der Waals surface area contributed by atoms with Crippen LogP contribution in [0, 0.1) is 0 Å². The number of halogens is 1. The van der Waals surface area contributed by atoms with Crippen LogP contribution in [0.25, 0.3) is 6.08 Å². The van der Waals surface area contributed by atoms with E-state index < -0.39 is 5.97 Å². The number of thioether (sulfide) groups is 1. The molecule has 0 atom stereocenters. The largest absolute Gasteiger partial charge is 0.493 e. The monoisotopic (exact) mass is 400 g/mol. The van der Waals surface area contributed by atoms with Crippen molar-refractivity contribution in [2.45, 2.75) is 6.42 Å². The van der Waals surface area contributed by atoms with Gasteiger partial charge in [-0.15, -0.1) is 0 Å². The average molecular weight is 401 g/mol. The van der Waals surface area contributed by atoms with Crippen LogP contribution in [0.3, 0.4) is 0 Å². The van der Waals surface area contributed by atoms with Gasteiger partial charge in [0.15, 0.2) is 5.17 Å². The molecule has 0 bridgehead atoms. The van der Waals surface area contributed by atoms with Gasteiger partial charge in [-0.2, -0.15) is 0 Å². The lowest BCUT2D eigenvalue weighted by atomic mass is 10.1. The third kappa shape index (κ3) is 3.70. The molecule has 0 aliphatic carbocycles. The molecule has 1 fully saturated rings. The van der Waals surface area contributed by atoms with Gasteiger partial charge >= 0.3 is 5.97 Å². The van der Waals surface area contributed by atoms with Crippen LogP contribution >= 0.6 is 23.4 Å². The Morgan fingerprint density at radius 2 is 2.15 bits per heavy atom. The second kappa shape index (κ2) is 7.09. The summed E-state index contributed by atoms with van der Waals surface area (Å²) in [5, 5.41) is 12.3. The zero-order chi connectivity index (χ0) is 19.0. The third-order valence-corrected chi connectivity index (χ3v) is 5.29. The Labute approximate surface area is 163 Å². The van der Waals surface area contributed by atoms with E-state index in [4.69, 9.17) is 21.4 Å². The van der Waals surface area contributed by atoms with Crippen LogP contribution in [0.2, 0.25) is 5.02 Å². The number of fused-ring (bicyclic) bond motifs is 1. The summed E-state index contributed by atoms with van der Waals surface area (Å²) >= 11 is 7.29. The SMILES string of the molecule is O=C1N/C(=N\c2ccc(C(=O)O)cc2Cl)S/C1=C\c1ccc2c(c1)CCO2. The van der Waals surface area contributed by atoms with Gasteiger partial charge in [0, 0.05) is 6.42 Å². The van der Waals surface area contributed by atoms with Crippen LogP contribution in [0.1, 0.15) is 21.5 Å². The number of benzene rings is 2. The number of aromatic carboxylic acids is 1. The molecule has 2 heterocycles. The van der Waals surface area contributed by atoms with Crippen molar-refractivity contribution in [3.05, 3.63) is 63.0 Å². The second-order valence-electron chi connectivity index (χ2n) is 5.92. The summed E-state index contributed by atoms with van der Waals surface area (Å²) in [5.74, 6) is -0.416. The molecule has 2 aromatic carbocycles. The molecule has 2 aliphatic heterocycles. The highest BCUT2D eigenvalue weighted by Gasteiger charge is 2.24. The molecule has 0 saturated carbocycles. The number of rotatable bonds is 3. The maximum absolute atomic E-state index is 12.2. The normalized spacial score (nSPS) is 18.5. The Morgan fingerprint density at radius 3 is 2.93 bits per heavy atom. The summed E-state index contributed by atoms with van der Waals surface area (Å²) in [7, 11) is 0. The number of carbonyl (C=O) groups excluding carboxylic acids is 1. The molecule has 2 aliphatic rings. The van der Waals surface area contributed by atoms with Crippen molar-refractivity contribution >= 4 is 52.2 Å². The van der Waals surface area contributed by atoms with Crippen molar-refractivity contribution in [1.29, 1.82) is 0 Å². The number of nitrogens with one attached hydrogen (secondary N) is 1. The minimum atomic E-state index is -1.07. The number of amidine groups is 1. The van der Waals surface area contributed by atoms with E-state index in [0.717, 1.165) is 23.3 Å². The molecular formula is C19H13ClN2O4S. The standard InChI is InChI=1S/C19H13ClN2O4S/c20-13-9-12(18(24)25)2-3-14(13)21-19-22-17(23)16(27-19)8-10-1-4-15-11(7-10)5-6-26-15/h1-4,7-9H,5-6H2,(H,24,25)(H,21,22,23)/b16-8-. The van der Waals surface area contributed by atoms with Gasteiger partial charge in [-0.3, -0.25) is 4.79 Å². The molecule has 2 aromatic rings. The van der Waals surface area contributed by atoms with Crippen molar-refractivity contribution in [2.24, 2.45) is 4.99 Å². The molecule has 2 N–H and O–H groups in total. The minimum absolute atomic E-state index is 0.0771. The fraction of sp³-hybridized carbons (Fsp3) is 0.105. The summed E-state index contributed by atoms with van der Waals surface area (Å²) in [4.78, 5) is 28.0. The fourth-order valence-corrected chi connectivity index (χ4v) is 3.83. The molecule has 0 spiro atoms. The molecule has 8 heteroatoms. The Bertz CT molecular complexity index is 1030. The predicted octanol–water partition coefficient (Wildman–Crippen LogP) is 3.86. The highest BCUT2D eigenvalue weighted by atomic mass is 35.5. The molecule has 1 amide bonds. The number of amides is 1. The number of hydrogen-bond donors (Lipinski definition) is 2. The number of carboxylic acids is 1. The maximum Gasteiger partial charge on any atom is 0.335 e. The van der Waals surface area contributed by atoms with Crippen LogP contribution in [-0.4, -0.2) is 28.8 Å². The first kappa shape index (κ1) is 17.6. The number of carboxylic acid groups (broad SMARTS) is 1. The van der Waals surface area contributed by atoms with E-state index in [1.807, 2.05) is 18.2 Å². The average Bonchev–Trinajstić information content (AvgIpc) is 3.23. The van der Waals surface area contributed by atoms with E-state index in [1.54, 1.807) is 6.08 Å². The van der Waals surface area contributed by atoms with Gasteiger partial charge in [0.25, 0.3) is 5.91 Å². The van der Waals surface area contributed by atoms with Crippen molar-refractivity contribution in [2.75, 3.05) is 6.61 Å². The molecule has 6 nitrogen and oxygen atoms in total. The lowest BCUT2D eigenvalue weighted by Crippen LogP contribution is -2.19. The molecule has 1 saturated heterocycles. The topological polar surface area (TPSA) is 88.0 Å². The van der Waals surface area contributed by atoms with E-state index in [0.29, 0.717) is 22.4 Å². The van der Waals surface area contributed by atoms with Gasteiger partial charge in [-0.25, -0.2) is 9.79 Å². The van der Waals surface area contributed by atoms with Gasteiger partial charge < -0.3 is 15.2 Å². The summed E-state index contributed by atoms with van der Waals surface area (Å²) in [5.41, 5.74) is 2.52. The smallest absolute Gasteiger partial charge is 0.335 e. The third-order valence-electron chi connectivity index (χ3n) is 4.08. The Balaban J connectivity index is 1.57. The van der Waals surface area contributed by atoms with Crippen molar-refractivity contribution in [3.63, 3.8) is 0 Å². The first-order valence-electron chi connectivity index (χ1n) is 8.08. The van der Waals surface area contributed by atoms with Crippen LogP contribution in [0.15, 0.2) is 46.3 Å². The van der Waals surface area contributed by atoms with Gasteiger partial charge in [-0.1, -0.05) is 17.7 Å². The Hall–Kier alpha value is -2.77. The van der Waals surface area contributed by atoms with E-state index in [2.05, 4.69) is 10.3 Å². The molecule has 27 heavy (non-hydrogen) atoms. The number of hydrogen-bond acceptors (Lipinski definition) is 5. The summed E-state index contributed by atoms with van der Waals surface area (Å²) in [6.45, 7) is 0.683. The lowest BCUT2D eigenvalue weighted by molar-refractivity contribution is -0.115. The highest BCUT2D eigenvalue weighted by molar-refractivity contribution is 8.18. The highest BCUT2D eigenvalue weighted by Crippen LogP contribution is 2.32. The quantitative estimate of drug-likeness (QED) is 0.764. The molecule has 0 aromatic heterocycles. The number of ether oxygens (including phenoxy) is 1. The van der Waals surface area contributed by atoms with Crippen LogP contribution in [0.4, 0.5) is 5.69 Å². The molecular weight excluding hydrogens is 388 g/mol. The molecule has 0 unspecified atom stereocenters. The minimum Gasteiger partial charge on any atom is -0.493 e. The van der Waals surface area contributed by atoms with Crippen LogP contribution in [-0.2, 0) is 11.2 Å². The molecule has 4 rings (SSSR count). The van der Waals surface area contributed by atoms with Crippen molar-refractivity contribution in [1.82, 2.24) is 5.32 Å². The summed E-state index contributed by atoms with van der Waals surface area (Å²) in [6.07, 6.45) is 2.67. The summed E-state index contributed by atoms with van der Waals surface area (Å²) < 4.78 is 5.49. The lowest BCUT2D eigenvalue weighted by Gasteiger charge is -2.01. The van der Waals surface area contributed by atoms with E-state index in [-0.39, 0.29) is 16.5 Å². The maximum atomic E-state index is 12.2. The predicted molar refractivity (Wildman–Crippen MR) is 105 cm³/mol. The number of carbonyl (C=O) groups is 2. The zero-order valence-corrected chi connectivity index (χ0v) is 15.4. The molecule has 0 radical (unpaired) electrons. The Morgan fingerprint density at radius 1 is 1.30 bits per heavy atom. The first-order valence-corrected chi connectivity index (χ1v) is 9.27. The number of aliphatic imine (C=N–C) groups is 1. The van der Waals surface area contributed by atoms with Crippen LogP contribution < -0.4 is 10.1 Å². The van der Waals surface area contributed by atoms with Gasteiger partial charge in [0.2, 0.25) is 0 Å². The summed E-state index contributed by atoms with van der Waals surface area (Å²) in [6, 6.07) is 10.1.